The summed E-state index contributed by atoms with van der Waals surface area (Å²) in [6.07, 6.45) is 4.89. The maximum atomic E-state index is 5.58. The number of aromatic nitrogens is 2. The van der Waals surface area contributed by atoms with Crippen molar-refractivity contribution in [2.45, 2.75) is 38.1 Å². The van der Waals surface area contributed by atoms with E-state index in [9.17, 15) is 0 Å². The van der Waals surface area contributed by atoms with Gasteiger partial charge in [-0.3, -0.25) is 0 Å². The van der Waals surface area contributed by atoms with Crippen LogP contribution in [0.25, 0.3) is 11.4 Å². The molecule has 0 saturated heterocycles. The summed E-state index contributed by atoms with van der Waals surface area (Å²) in [5.74, 6) is 1.94. The molecule has 1 aromatic carbocycles. The molecule has 0 unspecified atom stereocenters. The van der Waals surface area contributed by atoms with Gasteiger partial charge >= 0.3 is 0 Å². The van der Waals surface area contributed by atoms with E-state index in [-0.39, 0.29) is 0 Å². The summed E-state index contributed by atoms with van der Waals surface area (Å²) in [5, 5.41) is 4.07. The lowest BCUT2D eigenvalue weighted by atomic mass is 10.1. The summed E-state index contributed by atoms with van der Waals surface area (Å²) in [4.78, 5) is 4.51. The van der Waals surface area contributed by atoms with E-state index in [4.69, 9.17) is 10.3 Å². The van der Waals surface area contributed by atoms with E-state index in [0.29, 0.717) is 18.3 Å². The predicted octanol–water partition coefficient (Wildman–Crippen LogP) is 2.85. The Hall–Kier alpha value is -1.68. The molecular formula is C14H17N3O. The molecule has 0 radical (unpaired) electrons. The molecule has 1 saturated carbocycles. The summed E-state index contributed by atoms with van der Waals surface area (Å²) in [6, 6.07) is 7.98. The second-order valence-electron chi connectivity index (χ2n) is 4.84. The van der Waals surface area contributed by atoms with E-state index in [1.807, 2.05) is 24.3 Å². The lowest BCUT2D eigenvalue weighted by molar-refractivity contribution is 0.354. The molecule has 0 atom stereocenters. The fraction of sp³-hybridized carbons (Fsp3) is 0.429. The van der Waals surface area contributed by atoms with Crippen LogP contribution in [0.5, 0.6) is 0 Å². The smallest absolute Gasteiger partial charge is 0.230 e. The highest BCUT2D eigenvalue weighted by molar-refractivity contribution is 5.54. The minimum Gasteiger partial charge on any atom is -0.339 e. The predicted molar refractivity (Wildman–Crippen MR) is 68.8 cm³/mol. The van der Waals surface area contributed by atoms with Gasteiger partial charge in [-0.15, -0.1) is 0 Å². The molecule has 0 bridgehead atoms. The number of hydrogen-bond donors (Lipinski definition) is 1. The number of rotatable bonds is 3. The van der Waals surface area contributed by atoms with E-state index in [0.717, 1.165) is 17.0 Å². The average Bonchev–Trinajstić information content (AvgIpc) is 3.09. The molecule has 4 nitrogen and oxygen atoms in total. The normalized spacial score (nSPS) is 16.3. The van der Waals surface area contributed by atoms with Crippen molar-refractivity contribution in [2.24, 2.45) is 5.73 Å². The van der Waals surface area contributed by atoms with Crippen LogP contribution in [-0.4, -0.2) is 10.1 Å². The second kappa shape index (κ2) is 4.90. The number of hydrogen-bond acceptors (Lipinski definition) is 4. The van der Waals surface area contributed by atoms with Crippen LogP contribution in [-0.2, 0) is 6.54 Å². The van der Waals surface area contributed by atoms with Gasteiger partial charge in [-0.25, -0.2) is 0 Å². The Kier molecular flexibility index (Phi) is 3.11. The summed E-state index contributed by atoms with van der Waals surface area (Å²) in [7, 11) is 0. The third-order valence-corrected chi connectivity index (χ3v) is 3.59. The van der Waals surface area contributed by atoms with E-state index >= 15 is 0 Å². The molecule has 94 valence electrons. The van der Waals surface area contributed by atoms with Crippen molar-refractivity contribution >= 4 is 0 Å². The van der Waals surface area contributed by atoms with E-state index < -0.39 is 0 Å². The molecule has 4 heteroatoms. The Bertz CT molecular complexity index is 512. The average molecular weight is 243 g/mol. The summed E-state index contributed by atoms with van der Waals surface area (Å²) in [6.45, 7) is 0.555. The molecule has 1 aliphatic rings. The second-order valence-corrected chi connectivity index (χ2v) is 4.84. The zero-order valence-electron chi connectivity index (χ0n) is 10.3. The molecule has 1 fully saturated rings. The Morgan fingerprint density at radius 1 is 1.17 bits per heavy atom. The number of benzene rings is 1. The van der Waals surface area contributed by atoms with Crippen LogP contribution in [0.1, 0.15) is 43.1 Å². The molecule has 1 aromatic heterocycles. The van der Waals surface area contributed by atoms with E-state index in [1.165, 1.54) is 25.7 Å². The Morgan fingerprint density at radius 3 is 2.56 bits per heavy atom. The fourth-order valence-electron chi connectivity index (χ4n) is 2.48. The van der Waals surface area contributed by atoms with Crippen LogP contribution >= 0.6 is 0 Å². The minimum absolute atomic E-state index is 0.467. The van der Waals surface area contributed by atoms with Gasteiger partial charge in [0, 0.05) is 18.0 Å². The van der Waals surface area contributed by atoms with Gasteiger partial charge in [-0.05, 0) is 18.4 Å². The van der Waals surface area contributed by atoms with Crippen LogP contribution in [0.2, 0.25) is 0 Å². The molecule has 2 N–H and O–H groups in total. The lowest BCUT2D eigenvalue weighted by Gasteiger charge is -1.99. The monoisotopic (exact) mass is 243 g/mol. The van der Waals surface area contributed by atoms with Crippen molar-refractivity contribution < 1.29 is 4.52 Å². The molecule has 0 amide bonds. The van der Waals surface area contributed by atoms with Crippen LogP contribution in [0, 0.1) is 0 Å². The van der Waals surface area contributed by atoms with Gasteiger partial charge in [0.25, 0.3) is 0 Å². The molecule has 1 heterocycles. The first kappa shape index (κ1) is 11.4. The van der Waals surface area contributed by atoms with Gasteiger partial charge in [0.05, 0.1) is 0 Å². The topological polar surface area (TPSA) is 64.9 Å². The first-order chi connectivity index (χ1) is 8.86. The Balaban J connectivity index is 1.82. The zero-order chi connectivity index (χ0) is 12.4. The Labute approximate surface area is 106 Å². The minimum atomic E-state index is 0.467. The highest BCUT2D eigenvalue weighted by atomic mass is 16.5. The van der Waals surface area contributed by atoms with Crippen molar-refractivity contribution in [3.63, 3.8) is 0 Å². The maximum absolute atomic E-state index is 5.58. The van der Waals surface area contributed by atoms with Gasteiger partial charge in [-0.2, -0.15) is 4.98 Å². The molecule has 18 heavy (non-hydrogen) atoms. The third kappa shape index (κ3) is 2.16. The molecule has 0 spiro atoms. The molecular weight excluding hydrogens is 226 g/mol. The quantitative estimate of drug-likeness (QED) is 0.900. The first-order valence-corrected chi connectivity index (χ1v) is 6.50. The van der Waals surface area contributed by atoms with Crippen LogP contribution in [0.15, 0.2) is 28.8 Å². The fourth-order valence-corrected chi connectivity index (χ4v) is 2.48. The number of nitrogens with two attached hydrogens (primary N) is 1. The first-order valence-electron chi connectivity index (χ1n) is 6.50. The largest absolute Gasteiger partial charge is 0.339 e. The van der Waals surface area contributed by atoms with Crippen molar-refractivity contribution in [3.8, 4) is 11.4 Å². The van der Waals surface area contributed by atoms with Gasteiger partial charge < -0.3 is 10.3 Å². The van der Waals surface area contributed by atoms with E-state index in [1.54, 1.807) is 0 Å². The third-order valence-electron chi connectivity index (χ3n) is 3.59. The zero-order valence-corrected chi connectivity index (χ0v) is 10.3. The number of nitrogens with zero attached hydrogens (tertiary/aromatic N) is 2. The Morgan fingerprint density at radius 2 is 1.89 bits per heavy atom. The maximum Gasteiger partial charge on any atom is 0.230 e. The summed E-state index contributed by atoms with van der Waals surface area (Å²) in [5.41, 5.74) is 7.67. The van der Waals surface area contributed by atoms with Crippen LogP contribution in [0.4, 0.5) is 0 Å². The van der Waals surface area contributed by atoms with Crippen LogP contribution in [0.3, 0.4) is 0 Å². The van der Waals surface area contributed by atoms with Gasteiger partial charge in [0.2, 0.25) is 11.7 Å². The van der Waals surface area contributed by atoms with Gasteiger partial charge in [0.15, 0.2) is 0 Å². The molecule has 0 aliphatic heterocycles. The van der Waals surface area contributed by atoms with Gasteiger partial charge in [0.1, 0.15) is 0 Å². The molecule has 2 aromatic rings. The summed E-state index contributed by atoms with van der Waals surface area (Å²) >= 11 is 0. The highest BCUT2D eigenvalue weighted by Gasteiger charge is 2.23. The summed E-state index contributed by atoms with van der Waals surface area (Å²) < 4.78 is 5.37. The highest BCUT2D eigenvalue weighted by Crippen LogP contribution is 2.33. The van der Waals surface area contributed by atoms with Crippen molar-refractivity contribution in [1.82, 2.24) is 10.1 Å². The lowest BCUT2D eigenvalue weighted by Crippen LogP contribution is -1.95. The van der Waals surface area contributed by atoms with E-state index in [2.05, 4.69) is 10.1 Å². The van der Waals surface area contributed by atoms with Crippen molar-refractivity contribution in [3.05, 3.63) is 35.7 Å². The SMILES string of the molecule is NCc1ccc(-c2noc(C3CCCC3)n2)cc1. The van der Waals surface area contributed by atoms with Crippen molar-refractivity contribution in [1.29, 1.82) is 0 Å². The van der Waals surface area contributed by atoms with Crippen LogP contribution < -0.4 is 5.73 Å². The van der Waals surface area contributed by atoms with Gasteiger partial charge in [-0.1, -0.05) is 42.3 Å². The standard InChI is InChI=1S/C14H17N3O/c15-9-10-5-7-11(8-6-10)13-16-14(18-17-13)12-3-1-2-4-12/h5-8,12H,1-4,9,15H2. The molecule has 1 aliphatic carbocycles. The van der Waals surface area contributed by atoms with Crippen molar-refractivity contribution in [2.75, 3.05) is 0 Å². The molecule has 3 rings (SSSR count).